The first-order chi connectivity index (χ1) is 7.66. The van der Waals surface area contributed by atoms with Crippen molar-refractivity contribution in [3.05, 3.63) is 35.3 Å². The monoisotopic (exact) mass is 251 g/mol. The minimum absolute atomic E-state index is 0.431. The number of hydrogen-bond donors (Lipinski definition) is 2. The standard InChI is InChI=1S/C10H9N3OS2/c11-6-1-2-8(7(5-6)9(12)14)16-10-13-3-4-15-10/h1-5H,11H2,(H2,12,14). The van der Waals surface area contributed by atoms with Crippen molar-refractivity contribution in [2.24, 2.45) is 5.73 Å². The average molecular weight is 251 g/mol. The molecule has 0 aliphatic rings. The van der Waals surface area contributed by atoms with Crippen LogP contribution >= 0.6 is 23.1 Å². The number of carbonyl (C=O) groups excluding carboxylic acids is 1. The lowest BCUT2D eigenvalue weighted by atomic mass is 10.2. The largest absolute Gasteiger partial charge is 0.399 e. The lowest BCUT2D eigenvalue weighted by Crippen LogP contribution is -2.12. The lowest BCUT2D eigenvalue weighted by Gasteiger charge is -2.05. The van der Waals surface area contributed by atoms with Crippen LogP contribution in [-0.4, -0.2) is 10.9 Å². The van der Waals surface area contributed by atoms with Crippen LogP contribution in [0, 0.1) is 0 Å². The highest BCUT2D eigenvalue weighted by Crippen LogP contribution is 2.32. The summed E-state index contributed by atoms with van der Waals surface area (Å²) in [5, 5.41) is 1.88. The molecule has 82 valence electrons. The lowest BCUT2D eigenvalue weighted by molar-refractivity contribution is 0.0997. The summed E-state index contributed by atoms with van der Waals surface area (Å²) >= 11 is 2.92. The molecule has 0 saturated carbocycles. The van der Waals surface area contributed by atoms with Gasteiger partial charge in [-0.15, -0.1) is 11.3 Å². The molecule has 1 aromatic carbocycles. The van der Waals surface area contributed by atoms with Crippen LogP contribution in [0.3, 0.4) is 0 Å². The van der Waals surface area contributed by atoms with Crippen molar-refractivity contribution in [3.8, 4) is 0 Å². The molecule has 0 atom stereocenters. The van der Waals surface area contributed by atoms with E-state index in [2.05, 4.69) is 4.98 Å². The molecule has 0 bridgehead atoms. The zero-order valence-electron chi connectivity index (χ0n) is 8.21. The predicted molar refractivity (Wildman–Crippen MR) is 65.6 cm³/mol. The van der Waals surface area contributed by atoms with Crippen molar-refractivity contribution in [2.45, 2.75) is 9.24 Å². The highest BCUT2D eigenvalue weighted by molar-refractivity contribution is 8.01. The number of nitrogen functional groups attached to an aromatic ring is 1. The summed E-state index contributed by atoms with van der Waals surface area (Å²) in [6.45, 7) is 0. The van der Waals surface area contributed by atoms with Gasteiger partial charge in [0.15, 0.2) is 4.34 Å². The third-order valence-corrected chi connectivity index (χ3v) is 3.84. The molecule has 0 saturated heterocycles. The first-order valence-corrected chi connectivity index (χ1v) is 6.13. The molecule has 0 spiro atoms. The molecule has 0 unspecified atom stereocenters. The van der Waals surface area contributed by atoms with Crippen molar-refractivity contribution < 1.29 is 4.79 Å². The maximum Gasteiger partial charge on any atom is 0.249 e. The van der Waals surface area contributed by atoms with Crippen molar-refractivity contribution in [1.29, 1.82) is 0 Å². The molecular formula is C10H9N3OS2. The molecule has 2 aromatic rings. The van der Waals surface area contributed by atoms with Crippen molar-refractivity contribution >= 4 is 34.7 Å². The van der Waals surface area contributed by atoms with Gasteiger partial charge in [-0.1, -0.05) is 11.8 Å². The molecule has 0 fully saturated rings. The quantitative estimate of drug-likeness (QED) is 0.817. The number of nitrogens with two attached hydrogens (primary N) is 2. The smallest absolute Gasteiger partial charge is 0.249 e. The molecule has 6 heteroatoms. The Morgan fingerprint density at radius 2 is 2.25 bits per heavy atom. The zero-order chi connectivity index (χ0) is 11.5. The number of benzene rings is 1. The summed E-state index contributed by atoms with van der Waals surface area (Å²) in [7, 11) is 0. The summed E-state index contributed by atoms with van der Waals surface area (Å²) in [6.07, 6.45) is 1.72. The average Bonchev–Trinajstić information content (AvgIpc) is 2.73. The van der Waals surface area contributed by atoms with Crippen LogP contribution in [0.25, 0.3) is 0 Å². The van der Waals surface area contributed by atoms with E-state index in [1.807, 2.05) is 5.38 Å². The topological polar surface area (TPSA) is 82.0 Å². The Hall–Kier alpha value is -1.53. The van der Waals surface area contributed by atoms with E-state index in [0.717, 1.165) is 9.24 Å². The first kappa shape index (κ1) is 11.0. The Balaban J connectivity index is 2.36. The third kappa shape index (κ3) is 2.34. The van der Waals surface area contributed by atoms with E-state index >= 15 is 0 Å². The van der Waals surface area contributed by atoms with Gasteiger partial charge in [0.05, 0.1) is 5.56 Å². The van der Waals surface area contributed by atoms with E-state index in [-0.39, 0.29) is 0 Å². The van der Waals surface area contributed by atoms with Gasteiger partial charge < -0.3 is 11.5 Å². The van der Waals surface area contributed by atoms with E-state index < -0.39 is 5.91 Å². The fourth-order valence-electron chi connectivity index (χ4n) is 1.18. The highest BCUT2D eigenvalue weighted by atomic mass is 32.2. The fraction of sp³-hybridized carbons (Fsp3) is 0. The van der Waals surface area contributed by atoms with Gasteiger partial charge in [0, 0.05) is 22.2 Å². The predicted octanol–water partition coefficient (Wildman–Crippen LogP) is 1.98. The molecule has 1 amide bonds. The Morgan fingerprint density at radius 1 is 1.44 bits per heavy atom. The van der Waals surface area contributed by atoms with Crippen LogP contribution in [0.4, 0.5) is 5.69 Å². The Labute approximate surface area is 101 Å². The zero-order valence-corrected chi connectivity index (χ0v) is 9.85. The molecule has 0 aliphatic carbocycles. The molecule has 16 heavy (non-hydrogen) atoms. The second-order valence-corrected chi connectivity index (χ2v) is 5.20. The van der Waals surface area contributed by atoms with Gasteiger partial charge >= 0.3 is 0 Å². The maximum absolute atomic E-state index is 11.2. The molecule has 4 N–H and O–H groups in total. The van der Waals surface area contributed by atoms with Gasteiger partial charge in [-0.25, -0.2) is 4.98 Å². The summed E-state index contributed by atoms with van der Waals surface area (Å²) in [6, 6.07) is 5.10. The molecule has 1 aromatic heterocycles. The van der Waals surface area contributed by atoms with Gasteiger partial charge in [0.2, 0.25) is 5.91 Å². The van der Waals surface area contributed by atoms with Crippen LogP contribution < -0.4 is 11.5 Å². The van der Waals surface area contributed by atoms with Gasteiger partial charge in [0.25, 0.3) is 0 Å². The second-order valence-electron chi connectivity index (χ2n) is 3.02. The molecule has 0 radical (unpaired) electrons. The van der Waals surface area contributed by atoms with E-state index in [1.54, 1.807) is 24.4 Å². The van der Waals surface area contributed by atoms with E-state index in [4.69, 9.17) is 11.5 Å². The van der Waals surface area contributed by atoms with Gasteiger partial charge in [-0.2, -0.15) is 0 Å². The SMILES string of the molecule is NC(=O)c1cc(N)ccc1Sc1nccs1. The summed E-state index contributed by atoms with van der Waals surface area (Å²) in [4.78, 5) is 16.1. The van der Waals surface area contributed by atoms with Gasteiger partial charge in [0.1, 0.15) is 0 Å². The molecule has 0 aliphatic heterocycles. The highest BCUT2D eigenvalue weighted by Gasteiger charge is 2.10. The van der Waals surface area contributed by atoms with Crippen LogP contribution in [0.1, 0.15) is 10.4 Å². The van der Waals surface area contributed by atoms with E-state index in [9.17, 15) is 4.79 Å². The molecule has 2 rings (SSSR count). The molecule has 4 nitrogen and oxygen atoms in total. The van der Waals surface area contributed by atoms with E-state index in [0.29, 0.717) is 11.3 Å². The Bertz CT molecular complexity index is 511. The summed E-state index contributed by atoms with van der Waals surface area (Å²) in [5.74, 6) is -0.480. The van der Waals surface area contributed by atoms with Gasteiger partial charge in [-0.3, -0.25) is 4.79 Å². The number of rotatable bonds is 3. The van der Waals surface area contributed by atoms with Crippen LogP contribution in [0.5, 0.6) is 0 Å². The minimum Gasteiger partial charge on any atom is -0.399 e. The first-order valence-electron chi connectivity index (χ1n) is 4.43. The van der Waals surface area contributed by atoms with E-state index in [1.165, 1.54) is 23.1 Å². The molecule has 1 heterocycles. The van der Waals surface area contributed by atoms with Crippen molar-refractivity contribution in [2.75, 3.05) is 5.73 Å². The second kappa shape index (κ2) is 4.54. The van der Waals surface area contributed by atoms with Gasteiger partial charge in [-0.05, 0) is 18.2 Å². The third-order valence-electron chi connectivity index (χ3n) is 1.88. The number of carbonyl (C=O) groups is 1. The molecular weight excluding hydrogens is 242 g/mol. The summed E-state index contributed by atoms with van der Waals surface area (Å²) < 4.78 is 0.868. The minimum atomic E-state index is -0.480. The fourth-order valence-corrected chi connectivity index (χ4v) is 2.88. The maximum atomic E-state index is 11.2. The van der Waals surface area contributed by atoms with Crippen LogP contribution in [0.15, 0.2) is 39.0 Å². The van der Waals surface area contributed by atoms with Crippen LogP contribution in [0.2, 0.25) is 0 Å². The number of amides is 1. The number of hydrogen-bond acceptors (Lipinski definition) is 5. The van der Waals surface area contributed by atoms with Crippen molar-refractivity contribution in [1.82, 2.24) is 4.98 Å². The van der Waals surface area contributed by atoms with Crippen molar-refractivity contribution in [3.63, 3.8) is 0 Å². The number of thiazole rings is 1. The number of primary amides is 1. The number of nitrogens with zero attached hydrogens (tertiary/aromatic N) is 1. The number of anilines is 1. The van der Waals surface area contributed by atoms with Crippen LogP contribution in [-0.2, 0) is 0 Å². The normalized spacial score (nSPS) is 10.2. The summed E-state index contributed by atoms with van der Waals surface area (Å²) in [5.41, 5.74) is 11.9. The Kier molecular flexibility index (Phi) is 3.12. The Morgan fingerprint density at radius 3 is 2.88 bits per heavy atom. The number of aromatic nitrogens is 1.